The second-order valence-corrected chi connectivity index (χ2v) is 7.59. The molecule has 1 aliphatic carbocycles. The Bertz CT molecular complexity index is 963. The number of nitrogens with zero attached hydrogens (tertiary/aromatic N) is 1. The summed E-state index contributed by atoms with van der Waals surface area (Å²) in [7, 11) is -3.87. The highest BCUT2D eigenvalue weighted by atomic mass is 32.2. The standard InChI is InChI=1S/C17H13F2NO4S/c18-10-7-11(19)9-12(8-10)24-15-3-4-16(25(22,23)6-5-20)17-13(15)1-2-14(17)21/h3-4,7-9,14,21H,1-2,6H2. The van der Waals surface area contributed by atoms with Crippen LogP contribution in [0.3, 0.4) is 0 Å². The van der Waals surface area contributed by atoms with E-state index in [9.17, 15) is 22.3 Å². The van der Waals surface area contributed by atoms with Gasteiger partial charge in [0, 0.05) is 29.3 Å². The fourth-order valence-corrected chi connectivity index (χ4v) is 4.11. The molecule has 2 aromatic carbocycles. The summed E-state index contributed by atoms with van der Waals surface area (Å²) in [6.45, 7) is 0. The van der Waals surface area contributed by atoms with Gasteiger partial charge < -0.3 is 9.84 Å². The Balaban J connectivity index is 2.08. The molecule has 0 aliphatic heterocycles. The maximum Gasteiger partial charge on any atom is 0.192 e. The van der Waals surface area contributed by atoms with Gasteiger partial charge in [-0.15, -0.1) is 0 Å². The molecule has 25 heavy (non-hydrogen) atoms. The van der Waals surface area contributed by atoms with E-state index in [-0.39, 0.29) is 22.0 Å². The number of aliphatic hydroxyl groups is 1. The Kier molecular flexibility index (Phi) is 4.45. The summed E-state index contributed by atoms with van der Waals surface area (Å²) in [5.74, 6) is -2.18. The molecule has 0 heterocycles. The monoisotopic (exact) mass is 365 g/mol. The molecular weight excluding hydrogens is 352 g/mol. The van der Waals surface area contributed by atoms with E-state index in [4.69, 9.17) is 10.00 Å². The summed E-state index contributed by atoms with van der Waals surface area (Å²) < 4.78 is 56.6. The van der Waals surface area contributed by atoms with E-state index < -0.39 is 33.3 Å². The van der Waals surface area contributed by atoms with Crippen LogP contribution in [0.25, 0.3) is 0 Å². The molecule has 1 aliphatic rings. The lowest BCUT2D eigenvalue weighted by Crippen LogP contribution is -2.10. The quantitative estimate of drug-likeness (QED) is 0.900. The first kappa shape index (κ1) is 17.3. The van der Waals surface area contributed by atoms with Crippen molar-refractivity contribution in [2.24, 2.45) is 0 Å². The molecule has 0 fully saturated rings. The average molecular weight is 365 g/mol. The predicted molar refractivity (Wildman–Crippen MR) is 83.8 cm³/mol. The summed E-state index contributed by atoms with van der Waals surface area (Å²) in [6, 6.07) is 6.91. The molecule has 1 unspecified atom stereocenters. The van der Waals surface area contributed by atoms with E-state index in [1.807, 2.05) is 0 Å². The highest BCUT2D eigenvalue weighted by Gasteiger charge is 2.32. The molecule has 5 nitrogen and oxygen atoms in total. The topological polar surface area (TPSA) is 87.4 Å². The van der Waals surface area contributed by atoms with Gasteiger partial charge in [0.15, 0.2) is 9.84 Å². The van der Waals surface area contributed by atoms with Crippen LogP contribution >= 0.6 is 0 Å². The molecule has 1 N–H and O–H groups in total. The Morgan fingerprint density at radius 3 is 2.56 bits per heavy atom. The molecule has 0 spiro atoms. The Hall–Kier alpha value is -2.50. The van der Waals surface area contributed by atoms with Crippen LogP contribution in [0.2, 0.25) is 0 Å². The van der Waals surface area contributed by atoms with Gasteiger partial charge in [0.2, 0.25) is 0 Å². The largest absolute Gasteiger partial charge is 0.457 e. The van der Waals surface area contributed by atoms with Crippen molar-refractivity contribution in [3.05, 3.63) is 53.1 Å². The van der Waals surface area contributed by atoms with E-state index in [1.54, 1.807) is 6.07 Å². The van der Waals surface area contributed by atoms with Gasteiger partial charge in [0.1, 0.15) is 28.9 Å². The van der Waals surface area contributed by atoms with Crippen LogP contribution in [0, 0.1) is 23.0 Å². The normalized spacial score (nSPS) is 16.3. The molecule has 0 aromatic heterocycles. The summed E-state index contributed by atoms with van der Waals surface area (Å²) >= 11 is 0. The lowest BCUT2D eigenvalue weighted by atomic mass is 10.1. The fraction of sp³-hybridized carbons (Fsp3) is 0.235. The minimum atomic E-state index is -3.87. The van der Waals surface area contributed by atoms with Gasteiger partial charge in [0.25, 0.3) is 0 Å². The highest BCUT2D eigenvalue weighted by molar-refractivity contribution is 7.91. The molecule has 1 atom stereocenters. The van der Waals surface area contributed by atoms with Gasteiger partial charge in [-0.05, 0) is 25.0 Å². The van der Waals surface area contributed by atoms with E-state index >= 15 is 0 Å². The third-order valence-corrected chi connectivity index (χ3v) is 5.46. The first-order chi connectivity index (χ1) is 11.8. The van der Waals surface area contributed by atoms with E-state index in [0.29, 0.717) is 24.5 Å². The summed E-state index contributed by atoms with van der Waals surface area (Å²) in [5.41, 5.74) is 0.640. The second-order valence-electron chi connectivity index (χ2n) is 5.63. The van der Waals surface area contributed by atoms with Crippen LogP contribution in [0.4, 0.5) is 8.78 Å². The molecule has 0 bridgehead atoms. The fourth-order valence-electron chi connectivity index (χ4n) is 2.92. The molecular formula is C17H13F2NO4S. The van der Waals surface area contributed by atoms with Gasteiger partial charge in [-0.2, -0.15) is 5.26 Å². The maximum absolute atomic E-state index is 13.3. The lowest BCUT2D eigenvalue weighted by molar-refractivity contribution is 0.177. The van der Waals surface area contributed by atoms with Crippen molar-refractivity contribution in [2.45, 2.75) is 23.8 Å². The van der Waals surface area contributed by atoms with Crippen molar-refractivity contribution in [1.82, 2.24) is 0 Å². The summed E-state index contributed by atoms with van der Waals surface area (Å²) in [6.07, 6.45) is -0.367. The van der Waals surface area contributed by atoms with E-state index in [1.165, 1.54) is 12.1 Å². The molecule has 0 radical (unpaired) electrons. The van der Waals surface area contributed by atoms with Crippen LogP contribution in [-0.2, 0) is 16.3 Å². The molecule has 0 saturated heterocycles. The summed E-state index contributed by atoms with van der Waals surface area (Å²) in [4.78, 5) is -0.119. The third-order valence-electron chi connectivity index (χ3n) is 3.93. The number of hydrogen-bond donors (Lipinski definition) is 1. The highest BCUT2D eigenvalue weighted by Crippen LogP contribution is 2.42. The van der Waals surface area contributed by atoms with Crippen molar-refractivity contribution in [3.63, 3.8) is 0 Å². The van der Waals surface area contributed by atoms with Crippen LogP contribution in [0.15, 0.2) is 35.2 Å². The molecule has 0 amide bonds. The average Bonchev–Trinajstić information content (AvgIpc) is 2.89. The zero-order valence-corrected chi connectivity index (χ0v) is 13.7. The first-order valence-corrected chi connectivity index (χ1v) is 9.04. The van der Waals surface area contributed by atoms with Gasteiger partial charge in [-0.1, -0.05) is 0 Å². The minimum absolute atomic E-state index is 0.0753. The number of nitriles is 1. The SMILES string of the molecule is N#CCS(=O)(=O)c1ccc(Oc2cc(F)cc(F)c2)c2c1C(O)CC2. The van der Waals surface area contributed by atoms with Crippen LogP contribution in [0.1, 0.15) is 23.7 Å². The van der Waals surface area contributed by atoms with Gasteiger partial charge in [0.05, 0.1) is 17.1 Å². The third kappa shape index (κ3) is 3.34. The van der Waals surface area contributed by atoms with Crippen LogP contribution in [0.5, 0.6) is 11.5 Å². The zero-order valence-electron chi connectivity index (χ0n) is 12.9. The number of benzene rings is 2. The summed E-state index contributed by atoms with van der Waals surface area (Å²) in [5, 5.41) is 18.8. The van der Waals surface area contributed by atoms with Crippen molar-refractivity contribution < 1.29 is 27.0 Å². The number of aliphatic hydroxyl groups excluding tert-OH is 1. The van der Waals surface area contributed by atoms with E-state index in [2.05, 4.69) is 0 Å². The number of sulfone groups is 1. The smallest absolute Gasteiger partial charge is 0.192 e. The Morgan fingerprint density at radius 2 is 1.92 bits per heavy atom. The van der Waals surface area contributed by atoms with Crippen molar-refractivity contribution >= 4 is 9.84 Å². The van der Waals surface area contributed by atoms with Gasteiger partial charge >= 0.3 is 0 Å². The van der Waals surface area contributed by atoms with Gasteiger partial charge in [-0.25, -0.2) is 17.2 Å². The van der Waals surface area contributed by atoms with E-state index in [0.717, 1.165) is 12.1 Å². The van der Waals surface area contributed by atoms with Crippen LogP contribution < -0.4 is 4.74 Å². The second kappa shape index (κ2) is 6.43. The number of fused-ring (bicyclic) bond motifs is 1. The van der Waals surface area contributed by atoms with Crippen molar-refractivity contribution in [2.75, 3.05) is 5.75 Å². The maximum atomic E-state index is 13.3. The minimum Gasteiger partial charge on any atom is -0.457 e. The number of hydrogen-bond acceptors (Lipinski definition) is 5. The Morgan fingerprint density at radius 1 is 1.24 bits per heavy atom. The Labute approximate surface area is 143 Å². The van der Waals surface area contributed by atoms with Gasteiger partial charge in [-0.3, -0.25) is 0 Å². The number of halogens is 2. The molecule has 0 saturated carbocycles. The first-order valence-electron chi connectivity index (χ1n) is 7.39. The lowest BCUT2D eigenvalue weighted by Gasteiger charge is -2.15. The number of rotatable bonds is 4. The van der Waals surface area contributed by atoms with Crippen LogP contribution in [-0.4, -0.2) is 19.3 Å². The predicted octanol–water partition coefficient (Wildman–Crippen LogP) is 3.03. The molecule has 130 valence electrons. The van der Waals surface area contributed by atoms with Crippen molar-refractivity contribution in [1.29, 1.82) is 5.26 Å². The van der Waals surface area contributed by atoms with Crippen molar-refractivity contribution in [3.8, 4) is 17.6 Å². The molecule has 3 rings (SSSR count). The number of ether oxygens (including phenoxy) is 1. The molecule has 2 aromatic rings. The molecule has 8 heteroatoms. The zero-order chi connectivity index (χ0) is 18.2.